The molecule has 2 aromatic rings. The largest absolute Gasteiger partial charge is 0.586 e. The Morgan fingerprint density at radius 1 is 1.32 bits per heavy atom. The van der Waals surface area contributed by atoms with Crippen molar-refractivity contribution in [2.24, 2.45) is 0 Å². The SMILES string of the molecule is Nc1nc([C@H]2CCCN2c2ccc3c(c2)OC(F)(F)O3)cs1. The van der Waals surface area contributed by atoms with Crippen molar-refractivity contribution in [3.05, 3.63) is 29.3 Å². The van der Waals surface area contributed by atoms with Gasteiger partial charge in [-0.1, -0.05) is 0 Å². The number of benzene rings is 1. The molecular weight excluding hydrogens is 312 g/mol. The van der Waals surface area contributed by atoms with E-state index in [1.54, 1.807) is 12.1 Å². The molecule has 0 bridgehead atoms. The summed E-state index contributed by atoms with van der Waals surface area (Å²) in [7, 11) is 0. The predicted molar refractivity (Wildman–Crippen MR) is 78.5 cm³/mol. The maximum absolute atomic E-state index is 13.1. The summed E-state index contributed by atoms with van der Waals surface area (Å²) in [6.45, 7) is 0.831. The summed E-state index contributed by atoms with van der Waals surface area (Å²) in [5.41, 5.74) is 7.44. The van der Waals surface area contributed by atoms with Crippen LogP contribution >= 0.6 is 11.3 Å². The fourth-order valence-electron chi connectivity index (χ4n) is 2.95. The van der Waals surface area contributed by atoms with Crippen molar-refractivity contribution in [1.82, 2.24) is 4.98 Å². The minimum absolute atomic E-state index is 0.0578. The van der Waals surface area contributed by atoms with E-state index in [0.29, 0.717) is 5.13 Å². The van der Waals surface area contributed by atoms with Crippen LogP contribution in [0.2, 0.25) is 0 Å². The van der Waals surface area contributed by atoms with Crippen LogP contribution in [0.15, 0.2) is 23.6 Å². The lowest BCUT2D eigenvalue weighted by atomic mass is 10.1. The van der Waals surface area contributed by atoms with Crippen molar-refractivity contribution < 1.29 is 18.3 Å². The molecule has 8 heteroatoms. The number of nitrogens with zero attached hydrogens (tertiary/aromatic N) is 2. The summed E-state index contributed by atoms with van der Waals surface area (Å²) in [5, 5.41) is 2.48. The first kappa shape index (κ1) is 13.6. The lowest BCUT2D eigenvalue weighted by Crippen LogP contribution is -2.26. The molecule has 0 amide bonds. The third-order valence-corrected chi connectivity index (χ3v) is 4.54. The van der Waals surface area contributed by atoms with E-state index in [4.69, 9.17) is 5.73 Å². The lowest BCUT2D eigenvalue weighted by Gasteiger charge is -2.25. The van der Waals surface area contributed by atoms with Gasteiger partial charge in [-0.25, -0.2) is 4.98 Å². The highest BCUT2D eigenvalue weighted by atomic mass is 32.1. The zero-order chi connectivity index (χ0) is 15.3. The summed E-state index contributed by atoms with van der Waals surface area (Å²) in [5.74, 6) is 0.119. The number of thiazole rings is 1. The van der Waals surface area contributed by atoms with Crippen molar-refractivity contribution in [3.8, 4) is 11.5 Å². The highest BCUT2D eigenvalue weighted by molar-refractivity contribution is 7.13. The van der Waals surface area contributed by atoms with Gasteiger partial charge < -0.3 is 20.1 Å². The van der Waals surface area contributed by atoms with Crippen LogP contribution in [-0.4, -0.2) is 17.8 Å². The number of hydrogen-bond donors (Lipinski definition) is 1. The van der Waals surface area contributed by atoms with E-state index < -0.39 is 6.29 Å². The predicted octanol–water partition coefficient (Wildman–Crippen LogP) is 3.39. The highest BCUT2D eigenvalue weighted by Crippen LogP contribution is 2.45. The van der Waals surface area contributed by atoms with Crippen LogP contribution in [-0.2, 0) is 0 Å². The molecule has 0 radical (unpaired) electrons. The third kappa shape index (κ3) is 2.23. The maximum atomic E-state index is 13.1. The number of aromatic nitrogens is 1. The maximum Gasteiger partial charge on any atom is 0.586 e. The number of hydrogen-bond acceptors (Lipinski definition) is 6. The monoisotopic (exact) mass is 325 g/mol. The Labute approximate surface area is 129 Å². The van der Waals surface area contributed by atoms with Gasteiger partial charge >= 0.3 is 6.29 Å². The molecule has 2 aliphatic heterocycles. The molecule has 0 unspecified atom stereocenters. The molecule has 2 aliphatic rings. The fourth-order valence-corrected chi connectivity index (χ4v) is 3.56. The smallest absolute Gasteiger partial charge is 0.395 e. The van der Waals surface area contributed by atoms with Crippen LogP contribution in [0.25, 0.3) is 0 Å². The fraction of sp³-hybridized carbons (Fsp3) is 0.357. The second kappa shape index (κ2) is 4.70. The second-order valence-corrected chi connectivity index (χ2v) is 6.15. The molecule has 2 N–H and O–H groups in total. The summed E-state index contributed by atoms with van der Waals surface area (Å²) in [4.78, 5) is 6.48. The Morgan fingerprint density at radius 3 is 2.91 bits per heavy atom. The summed E-state index contributed by atoms with van der Waals surface area (Å²) < 4.78 is 35.2. The number of fused-ring (bicyclic) bond motifs is 1. The van der Waals surface area contributed by atoms with Crippen LogP contribution in [0, 0.1) is 0 Å². The molecular formula is C14H13F2N3O2S. The van der Waals surface area contributed by atoms with Crippen molar-refractivity contribution in [3.63, 3.8) is 0 Å². The number of rotatable bonds is 2. The van der Waals surface area contributed by atoms with E-state index >= 15 is 0 Å². The average molecular weight is 325 g/mol. The molecule has 0 aliphatic carbocycles. The minimum Gasteiger partial charge on any atom is -0.395 e. The van der Waals surface area contributed by atoms with Gasteiger partial charge in [0.05, 0.1) is 11.7 Å². The standard InChI is InChI=1S/C14H13F2N3O2S/c15-14(16)20-11-4-3-8(6-12(11)21-14)19-5-1-2-10(19)9-7-22-13(17)18-9/h3-4,6-7,10H,1-2,5H2,(H2,17,18)/t10-/m1/s1. The Balaban J connectivity index is 1.65. The zero-order valence-corrected chi connectivity index (χ0v) is 12.3. The van der Waals surface area contributed by atoms with Gasteiger partial charge in [-0.2, -0.15) is 0 Å². The van der Waals surface area contributed by atoms with Gasteiger partial charge in [-0.15, -0.1) is 20.1 Å². The van der Waals surface area contributed by atoms with Crippen molar-refractivity contribution in [1.29, 1.82) is 0 Å². The molecule has 5 nitrogen and oxygen atoms in total. The van der Waals surface area contributed by atoms with Gasteiger partial charge in [0.2, 0.25) is 0 Å². The molecule has 1 saturated heterocycles. The minimum atomic E-state index is -3.59. The number of ether oxygens (including phenoxy) is 2. The van der Waals surface area contributed by atoms with Crippen LogP contribution in [0.5, 0.6) is 11.5 Å². The Kier molecular flexibility index (Phi) is 2.90. The molecule has 0 saturated carbocycles. The first-order valence-electron chi connectivity index (χ1n) is 6.89. The van der Waals surface area contributed by atoms with Crippen LogP contribution < -0.4 is 20.1 Å². The molecule has 116 valence electrons. The first-order valence-corrected chi connectivity index (χ1v) is 7.77. The number of alkyl halides is 2. The van der Waals surface area contributed by atoms with Crippen molar-refractivity contribution >= 4 is 22.2 Å². The Hall–Kier alpha value is -2.09. The molecule has 1 aromatic heterocycles. The van der Waals surface area contributed by atoms with E-state index in [1.807, 2.05) is 5.38 Å². The first-order chi connectivity index (χ1) is 10.5. The van der Waals surface area contributed by atoms with Gasteiger partial charge in [0.1, 0.15) is 0 Å². The normalized spacial score (nSPS) is 22.3. The summed E-state index contributed by atoms with van der Waals surface area (Å²) in [6.07, 6.45) is -1.63. The van der Waals surface area contributed by atoms with Crippen LogP contribution in [0.1, 0.15) is 24.6 Å². The number of nitrogens with two attached hydrogens (primary N) is 1. The summed E-state index contributed by atoms with van der Waals surface area (Å²) >= 11 is 1.40. The molecule has 1 aromatic carbocycles. The van der Waals surface area contributed by atoms with Gasteiger partial charge in [0.15, 0.2) is 16.6 Å². The van der Waals surface area contributed by atoms with E-state index in [2.05, 4.69) is 19.4 Å². The van der Waals surface area contributed by atoms with Crippen molar-refractivity contribution in [2.75, 3.05) is 17.2 Å². The molecule has 3 heterocycles. The van der Waals surface area contributed by atoms with Gasteiger partial charge in [-0.3, -0.25) is 0 Å². The number of anilines is 2. The topological polar surface area (TPSA) is 60.6 Å². The van der Waals surface area contributed by atoms with E-state index in [1.165, 1.54) is 17.4 Å². The van der Waals surface area contributed by atoms with Crippen LogP contribution in [0.4, 0.5) is 19.6 Å². The lowest BCUT2D eigenvalue weighted by molar-refractivity contribution is -0.286. The number of nitrogen functional groups attached to an aromatic ring is 1. The van der Waals surface area contributed by atoms with Gasteiger partial charge in [-0.05, 0) is 25.0 Å². The highest BCUT2D eigenvalue weighted by Gasteiger charge is 2.43. The van der Waals surface area contributed by atoms with Gasteiger partial charge in [0.25, 0.3) is 0 Å². The molecule has 22 heavy (non-hydrogen) atoms. The average Bonchev–Trinajstić information content (AvgIpc) is 3.13. The molecule has 4 rings (SSSR count). The number of halogens is 2. The molecule has 1 atom stereocenters. The van der Waals surface area contributed by atoms with E-state index in [-0.39, 0.29) is 17.5 Å². The zero-order valence-electron chi connectivity index (χ0n) is 11.5. The molecule has 1 fully saturated rings. The quantitative estimate of drug-likeness (QED) is 0.917. The Morgan fingerprint density at radius 2 is 2.14 bits per heavy atom. The third-order valence-electron chi connectivity index (χ3n) is 3.85. The van der Waals surface area contributed by atoms with E-state index in [0.717, 1.165) is 30.8 Å². The Bertz CT molecular complexity index is 722. The summed E-state index contributed by atoms with van der Waals surface area (Å²) in [6, 6.07) is 4.97. The molecule has 0 spiro atoms. The second-order valence-electron chi connectivity index (χ2n) is 5.26. The van der Waals surface area contributed by atoms with Crippen molar-refractivity contribution in [2.45, 2.75) is 25.2 Å². The van der Waals surface area contributed by atoms with Crippen LogP contribution in [0.3, 0.4) is 0 Å². The van der Waals surface area contributed by atoms with Gasteiger partial charge in [0, 0.05) is 23.7 Å². The van der Waals surface area contributed by atoms with E-state index in [9.17, 15) is 8.78 Å².